The molecule has 0 radical (unpaired) electrons. The Balaban J connectivity index is 3.76. The lowest BCUT2D eigenvalue weighted by Crippen LogP contribution is -2.01. The zero-order valence-corrected chi connectivity index (χ0v) is 12.8. The summed E-state index contributed by atoms with van der Waals surface area (Å²) in [7, 11) is 0. The molecule has 2 unspecified atom stereocenters. The minimum atomic E-state index is 0.708. The summed E-state index contributed by atoms with van der Waals surface area (Å²) in [5.41, 5.74) is 1.37. The second kappa shape index (κ2) is 9.50. The van der Waals surface area contributed by atoms with Gasteiger partial charge in [-0.25, -0.2) is 0 Å². The smallest absolute Gasteiger partial charge is 0.0256 e. The molecule has 0 saturated heterocycles. The van der Waals surface area contributed by atoms with Gasteiger partial charge in [0.2, 0.25) is 0 Å². The Bertz CT molecular complexity index is 228. The monoisotopic (exact) mass is 236 g/mol. The second-order valence-corrected chi connectivity index (χ2v) is 6.27. The molecule has 0 nitrogen and oxygen atoms in total. The molecule has 0 bridgehead atoms. The van der Waals surface area contributed by atoms with Crippen molar-refractivity contribution in [1.29, 1.82) is 0 Å². The van der Waals surface area contributed by atoms with Gasteiger partial charge in [-0.3, -0.25) is 0 Å². The van der Waals surface area contributed by atoms with E-state index in [1.165, 1.54) is 31.3 Å². The molecule has 0 aliphatic carbocycles. The van der Waals surface area contributed by atoms with Crippen LogP contribution in [-0.2, 0) is 0 Å². The van der Waals surface area contributed by atoms with E-state index in [0.29, 0.717) is 5.92 Å². The Morgan fingerprint density at radius 3 is 2.18 bits per heavy atom. The first-order chi connectivity index (χ1) is 7.91. The van der Waals surface area contributed by atoms with Gasteiger partial charge in [0, 0.05) is 0 Å². The molecule has 0 aromatic rings. The fraction of sp³-hybridized carbons (Fsp3) is 0.765. The van der Waals surface area contributed by atoms with Crippen LogP contribution in [0.25, 0.3) is 0 Å². The van der Waals surface area contributed by atoms with E-state index in [2.05, 4.69) is 59.8 Å². The molecule has 0 heteroatoms. The lowest BCUT2D eigenvalue weighted by molar-refractivity contribution is 0.404. The number of rotatable bonds is 8. The van der Waals surface area contributed by atoms with Crippen LogP contribution in [-0.4, -0.2) is 0 Å². The molecule has 2 atom stereocenters. The van der Waals surface area contributed by atoms with Crippen molar-refractivity contribution in [2.45, 2.75) is 67.2 Å². The summed E-state index contributed by atoms with van der Waals surface area (Å²) in [6, 6.07) is 0. The van der Waals surface area contributed by atoms with E-state index in [-0.39, 0.29) is 0 Å². The van der Waals surface area contributed by atoms with E-state index in [1.807, 2.05) is 0 Å². The van der Waals surface area contributed by atoms with Gasteiger partial charge < -0.3 is 0 Å². The van der Waals surface area contributed by atoms with Crippen LogP contribution in [0.5, 0.6) is 0 Å². The van der Waals surface area contributed by atoms with Gasteiger partial charge in [-0.2, -0.15) is 0 Å². The largest absolute Gasteiger partial charge is 0.0817 e. The molecule has 0 aliphatic heterocycles. The van der Waals surface area contributed by atoms with Crippen LogP contribution >= 0.6 is 0 Å². The van der Waals surface area contributed by atoms with Crippen molar-refractivity contribution in [2.24, 2.45) is 17.8 Å². The van der Waals surface area contributed by atoms with E-state index in [9.17, 15) is 0 Å². The normalized spacial score (nSPS) is 15.2. The van der Waals surface area contributed by atoms with Gasteiger partial charge in [0.25, 0.3) is 0 Å². The molecule has 0 heterocycles. The summed E-state index contributed by atoms with van der Waals surface area (Å²) in [4.78, 5) is 0. The topological polar surface area (TPSA) is 0 Å². The number of hydrogen-bond acceptors (Lipinski definition) is 0. The molecule has 0 amide bonds. The highest BCUT2D eigenvalue weighted by molar-refractivity contribution is 5.09. The molecule has 0 aromatic heterocycles. The van der Waals surface area contributed by atoms with Gasteiger partial charge in [-0.1, -0.05) is 70.8 Å². The van der Waals surface area contributed by atoms with Crippen LogP contribution in [0.1, 0.15) is 67.2 Å². The standard InChI is InChI=1S/C17H32/c1-14(2)9-7-11-16(5)13-17(6)12-8-10-15(3)4/h7,9,11,15-17H,8,10,12-13H2,1-6H3. The maximum atomic E-state index is 2.39. The van der Waals surface area contributed by atoms with Gasteiger partial charge in [0.15, 0.2) is 0 Å². The molecule has 0 fully saturated rings. The quantitative estimate of drug-likeness (QED) is 0.454. The predicted octanol–water partition coefficient (Wildman–Crippen LogP) is 6.00. The third-order valence-corrected chi connectivity index (χ3v) is 3.12. The van der Waals surface area contributed by atoms with Crippen LogP contribution in [0.15, 0.2) is 23.8 Å². The van der Waals surface area contributed by atoms with Gasteiger partial charge in [0.05, 0.1) is 0 Å². The molecular formula is C17H32. The predicted molar refractivity (Wildman–Crippen MR) is 80.2 cm³/mol. The highest BCUT2D eigenvalue weighted by Gasteiger charge is 2.06. The Hall–Kier alpha value is -0.520. The molecule has 0 aliphatic rings. The van der Waals surface area contributed by atoms with Crippen LogP contribution in [0.2, 0.25) is 0 Å². The summed E-state index contributed by atoms with van der Waals surface area (Å²) in [6.07, 6.45) is 12.2. The molecule has 100 valence electrons. The van der Waals surface area contributed by atoms with Gasteiger partial charge >= 0.3 is 0 Å². The molecule has 0 saturated carbocycles. The Morgan fingerprint density at radius 2 is 1.65 bits per heavy atom. The molecule has 17 heavy (non-hydrogen) atoms. The Morgan fingerprint density at radius 1 is 1.00 bits per heavy atom. The summed E-state index contributed by atoms with van der Waals surface area (Å²) in [5, 5.41) is 0. The Labute approximate surface area is 109 Å². The minimum Gasteiger partial charge on any atom is -0.0817 e. The van der Waals surface area contributed by atoms with Crippen molar-refractivity contribution >= 4 is 0 Å². The average molecular weight is 236 g/mol. The van der Waals surface area contributed by atoms with Crippen LogP contribution in [0.4, 0.5) is 0 Å². The summed E-state index contributed by atoms with van der Waals surface area (Å²) in [5.74, 6) is 2.43. The van der Waals surface area contributed by atoms with Crippen molar-refractivity contribution in [2.75, 3.05) is 0 Å². The van der Waals surface area contributed by atoms with Crippen molar-refractivity contribution in [3.63, 3.8) is 0 Å². The number of hydrogen-bond donors (Lipinski definition) is 0. The van der Waals surface area contributed by atoms with Gasteiger partial charge in [-0.15, -0.1) is 0 Å². The van der Waals surface area contributed by atoms with Gasteiger partial charge in [-0.05, 0) is 38.0 Å². The van der Waals surface area contributed by atoms with Crippen LogP contribution in [0, 0.1) is 17.8 Å². The first-order valence-electron chi connectivity index (χ1n) is 7.23. The van der Waals surface area contributed by atoms with E-state index in [1.54, 1.807) is 0 Å². The maximum Gasteiger partial charge on any atom is -0.0256 e. The maximum absolute atomic E-state index is 2.39. The fourth-order valence-electron chi connectivity index (χ4n) is 2.14. The van der Waals surface area contributed by atoms with E-state index >= 15 is 0 Å². The first-order valence-corrected chi connectivity index (χ1v) is 7.23. The molecule has 0 rings (SSSR count). The summed E-state index contributed by atoms with van der Waals surface area (Å²) < 4.78 is 0. The van der Waals surface area contributed by atoms with Crippen molar-refractivity contribution in [3.05, 3.63) is 23.8 Å². The number of allylic oxidation sites excluding steroid dienone is 4. The molecule has 0 spiro atoms. The SMILES string of the molecule is CC(C)=CC=CC(C)CC(C)CCCC(C)C. The third kappa shape index (κ3) is 11.7. The third-order valence-electron chi connectivity index (χ3n) is 3.12. The van der Waals surface area contributed by atoms with E-state index in [0.717, 1.165) is 11.8 Å². The average Bonchev–Trinajstić information content (AvgIpc) is 2.15. The minimum absolute atomic E-state index is 0.708. The zero-order chi connectivity index (χ0) is 13.3. The summed E-state index contributed by atoms with van der Waals surface area (Å²) in [6.45, 7) is 13.6. The van der Waals surface area contributed by atoms with Crippen LogP contribution in [0.3, 0.4) is 0 Å². The highest BCUT2D eigenvalue weighted by Crippen LogP contribution is 2.20. The fourth-order valence-corrected chi connectivity index (χ4v) is 2.14. The van der Waals surface area contributed by atoms with Crippen LogP contribution < -0.4 is 0 Å². The summed E-state index contributed by atoms with van der Waals surface area (Å²) >= 11 is 0. The molecule has 0 aromatic carbocycles. The zero-order valence-electron chi connectivity index (χ0n) is 12.8. The Kier molecular flexibility index (Phi) is 9.21. The molecular weight excluding hydrogens is 204 g/mol. The van der Waals surface area contributed by atoms with Gasteiger partial charge in [0.1, 0.15) is 0 Å². The van der Waals surface area contributed by atoms with Crippen molar-refractivity contribution < 1.29 is 0 Å². The second-order valence-electron chi connectivity index (χ2n) is 6.27. The first kappa shape index (κ1) is 16.5. The van der Waals surface area contributed by atoms with Crippen molar-refractivity contribution in [1.82, 2.24) is 0 Å². The lowest BCUT2D eigenvalue weighted by atomic mass is 9.91. The lowest BCUT2D eigenvalue weighted by Gasteiger charge is -2.15. The molecule has 0 N–H and O–H groups in total. The van der Waals surface area contributed by atoms with E-state index in [4.69, 9.17) is 0 Å². The highest BCUT2D eigenvalue weighted by atomic mass is 14.1. The van der Waals surface area contributed by atoms with E-state index < -0.39 is 0 Å². The van der Waals surface area contributed by atoms with Crippen molar-refractivity contribution in [3.8, 4) is 0 Å².